The van der Waals surface area contributed by atoms with Gasteiger partial charge in [-0.2, -0.15) is 0 Å². The fourth-order valence-electron chi connectivity index (χ4n) is 3.80. The number of aromatic carboxylic acids is 1. The van der Waals surface area contributed by atoms with Crippen LogP contribution in [-0.2, 0) is 10.2 Å². The number of ether oxygens (including phenoxy) is 1. The summed E-state index contributed by atoms with van der Waals surface area (Å²) in [5.41, 5.74) is 2.80. The highest BCUT2D eigenvalue weighted by molar-refractivity contribution is 6.02. The summed E-state index contributed by atoms with van der Waals surface area (Å²) in [7, 11) is 1.60. The van der Waals surface area contributed by atoms with Crippen LogP contribution in [0.2, 0.25) is 0 Å². The Morgan fingerprint density at radius 2 is 1.77 bits per heavy atom. The Morgan fingerprint density at radius 1 is 1.06 bits per heavy atom. The standard InChI is InChI=1S/C25H22FNO4.2H2/c1-15-3-7-18(14-20(15)16-4-10-22(26)21(13-16)23(28)29)27-24(30)25(11-12-25)17-5-8-19(31-2)9-6-17;;/h3-10,13-14H,11-12H2,1-2H3,(H,27,30)(H,28,29);2*1H. The van der Waals surface area contributed by atoms with Gasteiger partial charge in [-0.25, -0.2) is 9.18 Å². The maximum absolute atomic E-state index is 13.8. The quantitative estimate of drug-likeness (QED) is 0.536. The van der Waals surface area contributed by atoms with Crippen molar-refractivity contribution in [1.29, 1.82) is 0 Å². The first kappa shape index (κ1) is 20.6. The van der Waals surface area contributed by atoms with E-state index in [1.807, 2.05) is 43.3 Å². The second-order valence-corrected chi connectivity index (χ2v) is 7.79. The lowest BCUT2D eigenvalue weighted by molar-refractivity contribution is -0.118. The number of methoxy groups -OCH3 is 1. The highest BCUT2D eigenvalue weighted by atomic mass is 19.1. The zero-order valence-electron chi connectivity index (χ0n) is 17.2. The van der Waals surface area contributed by atoms with E-state index in [4.69, 9.17) is 4.74 Å². The molecule has 31 heavy (non-hydrogen) atoms. The highest BCUT2D eigenvalue weighted by Gasteiger charge is 2.51. The van der Waals surface area contributed by atoms with Gasteiger partial charge in [0, 0.05) is 8.54 Å². The number of halogens is 1. The van der Waals surface area contributed by atoms with Crippen LogP contribution in [0, 0.1) is 12.7 Å². The lowest BCUT2D eigenvalue weighted by Crippen LogP contribution is -2.27. The Bertz CT molecular complexity index is 1180. The largest absolute Gasteiger partial charge is 0.497 e. The summed E-state index contributed by atoms with van der Waals surface area (Å²) in [6.07, 6.45) is 1.54. The van der Waals surface area contributed by atoms with Crippen LogP contribution >= 0.6 is 0 Å². The van der Waals surface area contributed by atoms with E-state index < -0.39 is 17.2 Å². The Balaban J connectivity index is 0.00000193. The average molecular weight is 423 g/mol. The van der Waals surface area contributed by atoms with Gasteiger partial charge in [-0.05, 0) is 78.4 Å². The Hall–Kier alpha value is -3.67. The van der Waals surface area contributed by atoms with E-state index in [9.17, 15) is 19.1 Å². The third-order valence-electron chi connectivity index (χ3n) is 5.83. The van der Waals surface area contributed by atoms with E-state index in [2.05, 4.69) is 5.32 Å². The van der Waals surface area contributed by atoms with Gasteiger partial charge in [0.25, 0.3) is 0 Å². The van der Waals surface area contributed by atoms with Gasteiger partial charge in [0.2, 0.25) is 5.91 Å². The van der Waals surface area contributed by atoms with E-state index in [0.717, 1.165) is 41.3 Å². The number of rotatable bonds is 6. The molecule has 0 bridgehead atoms. The lowest BCUT2D eigenvalue weighted by atomic mass is 9.94. The van der Waals surface area contributed by atoms with Crippen molar-refractivity contribution in [1.82, 2.24) is 0 Å². The molecule has 3 aromatic rings. The van der Waals surface area contributed by atoms with Crippen LogP contribution in [0.3, 0.4) is 0 Å². The molecule has 0 atom stereocenters. The maximum atomic E-state index is 13.8. The van der Waals surface area contributed by atoms with Crippen LogP contribution in [0.15, 0.2) is 60.7 Å². The summed E-state index contributed by atoms with van der Waals surface area (Å²) < 4.78 is 19.0. The summed E-state index contributed by atoms with van der Waals surface area (Å²) in [6.45, 7) is 1.88. The molecule has 0 unspecified atom stereocenters. The topological polar surface area (TPSA) is 75.6 Å². The van der Waals surface area contributed by atoms with Crippen LogP contribution in [0.4, 0.5) is 10.1 Å². The van der Waals surface area contributed by atoms with E-state index in [1.54, 1.807) is 13.2 Å². The predicted molar refractivity (Wildman–Crippen MR) is 120 cm³/mol. The second kappa shape index (κ2) is 7.87. The number of nitrogens with one attached hydrogen (secondary N) is 1. The minimum absolute atomic E-state index is 0. The van der Waals surface area contributed by atoms with Gasteiger partial charge in [-0.3, -0.25) is 4.79 Å². The third-order valence-corrected chi connectivity index (χ3v) is 5.83. The molecular weight excluding hydrogens is 397 g/mol. The lowest BCUT2D eigenvalue weighted by Gasteiger charge is -2.17. The number of anilines is 1. The van der Waals surface area contributed by atoms with Gasteiger partial charge < -0.3 is 15.2 Å². The van der Waals surface area contributed by atoms with Gasteiger partial charge >= 0.3 is 5.97 Å². The Morgan fingerprint density at radius 3 is 2.39 bits per heavy atom. The van der Waals surface area contributed by atoms with Crippen molar-refractivity contribution in [3.8, 4) is 16.9 Å². The van der Waals surface area contributed by atoms with E-state index >= 15 is 0 Å². The number of hydrogen-bond donors (Lipinski definition) is 2. The van der Waals surface area contributed by atoms with Crippen LogP contribution in [0.25, 0.3) is 11.1 Å². The molecule has 0 spiro atoms. The molecule has 1 saturated carbocycles. The van der Waals surface area contributed by atoms with Crippen molar-refractivity contribution in [2.24, 2.45) is 0 Å². The minimum Gasteiger partial charge on any atom is -0.497 e. The molecule has 4 rings (SSSR count). The number of carboxylic acids is 1. The first-order chi connectivity index (χ1) is 14.8. The summed E-state index contributed by atoms with van der Waals surface area (Å²) in [5.74, 6) is -1.45. The first-order valence-electron chi connectivity index (χ1n) is 9.94. The summed E-state index contributed by atoms with van der Waals surface area (Å²) >= 11 is 0. The number of benzene rings is 3. The molecule has 1 aliphatic carbocycles. The molecule has 0 saturated heterocycles. The van der Waals surface area contributed by atoms with Gasteiger partial charge in [0.1, 0.15) is 11.6 Å². The van der Waals surface area contributed by atoms with E-state index in [0.29, 0.717) is 11.3 Å². The van der Waals surface area contributed by atoms with Crippen LogP contribution in [0.5, 0.6) is 5.75 Å². The number of carbonyl (C=O) groups excluding carboxylic acids is 1. The molecule has 0 heterocycles. The summed E-state index contributed by atoms with van der Waals surface area (Å²) in [4.78, 5) is 24.4. The molecular formula is C25H26FNO4. The third kappa shape index (κ3) is 3.89. The van der Waals surface area contributed by atoms with Crippen LogP contribution < -0.4 is 10.1 Å². The predicted octanol–water partition coefficient (Wildman–Crippen LogP) is 5.67. The fraction of sp³-hybridized carbons (Fsp3) is 0.200. The Kier molecular flexibility index (Phi) is 5.23. The van der Waals surface area contributed by atoms with Crippen molar-refractivity contribution in [3.05, 3.63) is 83.2 Å². The zero-order chi connectivity index (χ0) is 22.2. The number of amides is 1. The second-order valence-electron chi connectivity index (χ2n) is 7.79. The maximum Gasteiger partial charge on any atom is 0.338 e. The van der Waals surface area contributed by atoms with Crippen LogP contribution in [-0.4, -0.2) is 24.1 Å². The molecule has 6 heteroatoms. The molecule has 0 radical (unpaired) electrons. The molecule has 162 valence electrons. The zero-order valence-corrected chi connectivity index (χ0v) is 17.2. The van der Waals surface area contributed by atoms with Crippen molar-refractivity contribution < 1.29 is 26.7 Å². The van der Waals surface area contributed by atoms with Gasteiger partial charge in [-0.15, -0.1) is 0 Å². The molecule has 1 amide bonds. The summed E-state index contributed by atoms with van der Waals surface area (Å²) in [6, 6.07) is 17.0. The molecule has 0 aliphatic heterocycles. The SMILES string of the molecule is COc1ccc(C2(C(=O)Nc3ccc(C)c(-c4ccc(F)c(C(=O)O)c4)c3)CC2)cc1.[HH].[HH]. The first-order valence-corrected chi connectivity index (χ1v) is 9.94. The normalized spacial score (nSPS) is 14.0. The number of carboxylic acid groups (broad SMARTS) is 1. The van der Waals surface area contributed by atoms with Crippen molar-refractivity contribution in [2.45, 2.75) is 25.2 Å². The van der Waals surface area contributed by atoms with Gasteiger partial charge in [0.05, 0.1) is 18.1 Å². The van der Waals surface area contributed by atoms with Crippen LogP contribution in [0.1, 0.15) is 37.2 Å². The van der Waals surface area contributed by atoms with Crippen molar-refractivity contribution in [2.75, 3.05) is 12.4 Å². The average Bonchev–Trinajstić information content (AvgIpc) is 3.57. The number of carbonyl (C=O) groups is 2. The Labute approximate surface area is 182 Å². The van der Waals surface area contributed by atoms with Crippen molar-refractivity contribution >= 4 is 17.6 Å². The number of aryl methyl sites for hydroxylation is 1. The van der Waals surface area contributed by atoms with E-state index in [1.165, 1.54) is 12.1 Å². The fourth-order valence-corrected chi connectivity index (χ4v) is 3.80. The van der Waals surface area contributed by atoms with Gasteiger partial charge in [-0.1, -0.05) is 24.3 Å². The molecule has 1 aliphatic rings. The minimum atomic E-state index is -1.32. The molecule has 2 N–H and O–H groups in total. The molecule has 5 nitrogen and oxygen atoms in total. The smallest absolute Gasteiger partial charge is 0.338 e. The summed E-state index contributed by atoms with van der Waals surface area (Å²) in [5, 5.41) is 12.2. The van der Waals surface area contributed by atoms with Gasteiger partial charge in [0.15, 0.2) is 0 Å². The van der Waals surface area contributed by atoms with Crippen molar-refractivity contribution in [3.63, 3.8) is 0 Å². The molecule has 1 fully saturated rings. The monoisotopic (exact) mass is 423 g/mol. The highest BCUT2D eigenvalue weighted by Crippen LogP contribution is 2.49. The molecule has 3 aromatic carbocycles. The number of hydrogen-bond acceptors (Lipinski definition) is 3. The molecule has 0 aromatic heterocycles. The van der Waals surface area contributed by atoms with E-state index in [-0.39, 0.29) is 14.3 Å².